The van der Waals surface area contributed by atoms with Crippen LogP contribution in [-0.2, 0) is 9.53 Å². The largest absolute Gasteiger partial charge is 0.382 e. The Kier molecular flexibility index (Phi) is 5.68. The van der Waals surface area contributed by atoms with Gasteiger partial charge in [0.2, 0.25) is 5.91 Å². The Morgan fingerprint density at radius 2 is 2.03 bits per heavy atom. The standard InChI is InChI=1S/C23H24N4O3/c1-14(28)26-17-5-3-16(4-6-17)23(29)25-10-8-21-18-9-11-30-22(18)19-12-15(13-24)2-7-20(19)27-21/h2-7,12,18,21-22,27H,8-11H2,1H3,(H,25,29)(H,26,28). The summed E-state index contributed by atoms with van der Waals surface area (Å²) in [6.07, 6.45) is 1.73. The van der Waals surface area contributed by atoms with E-state index in [0.29, 0.717) is 35.9 Å². The van der Waals surface area contributed by atoms with Gasteiger partial charge in [0.1, 0.15) is 0 Å². The predicted molar refractivity (Wildman–Crippen MR) is 113 cm³/mol. The second-order valence-electron chi connectivity index (χ2n) is 7.71. The summed E-state index contributed by atoms with van der Waals surface area (Å²) in [5.41, 5.74) is 3.91. The summed E-state index contributed by atoms with van der Waals surface area (Å²) in [7, 11) is 0. The summed E-state index contributed by atoms with van der Waals surface area (Å²) in [4.78, 5) is 23.5. The summed E-state index contributed by atoms with van der Waals surface area (Å²) >= 11 is 0. The van der Waals surface area contributed by atoms with E-state index < -0.39 is 0 Å². The number of amides is 2. The van der Waals surface area contributed by atoms with Gasteiger partial charge in [-0.05, 0) is 55.3 Å². The normalized spacial score (nSPS) is 21.5. The molecule has 2 heterocycles. The van der Waals surface area contributed by atoms with E-state index in [0.717, 1.165) is 24.1 Å². The van der Waals surface area contributed by atoms with Crippen LogP contribution in [0.3, 0.4) is 0 Å². The number of carbonyl (C=O) groups excluding carboxylic acids is 2. The van der Waals surface area contributed by atoms with Crippen molar-refractivity contribution in [1.29, 1.82) is 5.26 Å². The molecule has 0 aromatic heterocycles. The molecule has 30 heavy (non-hydrogen) atoms. The van der Waals surface area contributed by atoms with Crippen LogP contribution in [0.25, 0.3) is 0 Å². The zero-order valence-corrected chi connectivity index (χ0v) is 16.8. The van der Waals surface area contributed by atoms with Gasteiger partial charge in [0.25, 0.3) is 5.91 Å². The average molecular weight is 404 g/mol. The molecule has 4 rings (SSSR count). The maximum absolute atomic E-state index is 12.4. The third-order valence-electron chi connectivity index (χ3n) is 5.69. The van der Waals surface area contributed by atoms with E-state index in [2.05, 4.69) is 22.0 Å². The molecule has 7 heteroatoms. The third-order valence-corrected chi connectivity index (χ3v) is 5.69. The van der Waals surface area contributed by atoms with Crippen LogP contribution in [0.1, 0.15) is 47.4 Å². The van der Waals surface area contributed by atoms with Crippen LogP contribution >= 0.6 is 0 Å². The van der Waals surface area contributed by atoms with Gasteiger partial charge in [-0.25, -0.2) is 0 Å². The molecule has 1 fully saturated rings. The highest BCUT2D eigenvalue weighted by Crippen LogP contribution is 2.45. The highest BCUT2D eigenvalue weighted by molar-refractivity contribution is 5.95. The molecule has 2 aromatic carbocycles. The Bertz CT molecular complexity index is 996. The van der Waals surface area contributed by atoms with E-state index in [1.807, 2.05) is 18.2 Å². The number of benzene rings is 2. The minimum Gasteiger partial charge on any atom is -0.382 e. The van der Waals surface area contributed by atoms with Gasteiger partial charge in [0.05, 0.1) is 17.7 Å². The number of rotatable bonds is 5. The molecule has 3 unspecified atom stereocenters. The maximum Gasteiger partial charge on any atom is 0.251 e. The SMILES string of the molecule is CC(=O)Nc1ccc(C(=O)NCCC2Nc3ccc(C#N)cc3C3OCCC23)cc1. The zero-order valence-electron chi connectivity index (χ0n) is 16.8. The number of ether oxygens (including phenoxy) is 1. The van der Waals surface area contributed by atoms with Crippen LogP contribution in [0.2, 0.25) is 0 Å². The van der Waals surface area contributed by atoms with Crippen LogP contribution in [0.5, 0.6) is 0 Å². The van der Waals surface area contributed by atoms with E-state index in [9.17, 15) is 14.9 Å². The first kappa shape index (κ1) is 19.9. The van der Waals surface area contributed by atoms with E-state index in [1.54, 1.807) is 24.3 Å². The molecule has 3 atom stereocenters. The van der Waals surface area contributed by atoms with Gasteiger partial charge in [-0.2, -0.15) is 5.26 Å². The van der Waals surface area contributed by atoms with Crippen LogP contribution in [-0.4, -0.2) is 31.0 Å². The maximum atomic E-state index is 12.4. The van der Waals surface area contributed by atoms with Crippen molar-refractivity contribution in [2.75, 3.05) is 23.8 Å². The second-order valence-corrected chi connectivity index (χ2v) is 7.71. The highest BCUT2D eigenvalue weighted by Gasteiger charge is 2.40. The smallest absolute Gasteiger partial charge is 0.251 e. The van der Waals surface area contributed by atoms with Crippen molar-refractivity contribution >= 4 is 23.2 Å². The first-order chi connectivity index (χ1) is 14.5. The molecule has 0 aliphatic carbocycles. The fourth-order valence-corrected chi connectivity index (χ4v) is 4.28. The summed E-state index contributed by atoms with van der Waals surface area (Å²) in [6.45, 7) is 2.69. The molecule has 2 aromatic rings. The minimum absolute atomic E-state index is 0.00317. The summed E-state index contributed by atoms with van der Waals surface area (Å²) in [5.74, 6) is 0.0329. The van der Waals surface area contributed by atoms with Crippen LogP contribution in [0.4, 0.5) is 11.4 Å². The van der Waals surface area contributed by atoms with Crippen molar-refractivity contribution in [3.05, 3.63) is 59.2 Å². The van der Waals surface area contributed by atoms with Crippen molar-refractivity contribution in [1.82, 2.24) is 5.32 Å². The zero-order chi connectivity index (χ0) is 21.1. The van der Waals surface area contributed by atoms with Crippen molar-refractivity contribution < 1.29 is 14.3 Å². The highest BCUT2D eigenvalue weighted by atomic mass is 16.5. The number of hydrogen-bond donors (Lipinski definition) is 3. The number of carbonyl (C=O) groups is 2. The molecule has 7 nitrogen and oxygen atoms in total. The summed E-state index contributed by atoms with van der Waals surface area (Å²) < 4.78 is 5.98. The topological polar surface area (TPSA) is 103 Å². The number of nitrogens with zero attached hydrogens (tertiary/aromatic N) is 1. The number of hydrogen-bond acceptors (Lipinski definition) is 5. The molecule has 2 aliphatic heterocycles. The van der Waals surface area contributed by atoms with Gasteiger partial charge in [-0.1, -0.05) is 0 Å². The number of nitriles is 1. The lowest BCUT2D eigenvalue weighted by Gasteiger charge is -2.36. The molecule has 2 amide bonds. The van der Waals surface area contributed by atoms with Gasteiger partial charge in [-0.3, -0.25) is 9.59 Å². The molecule has 1 saturated heterocycles. The first-order valence-electron chi connectivity index (χ1n) is 10.1. The third kappa shape index (κ3) is 4.14. The number of nitrogens with one attached hydrogen (secondary N) is 3. The van der Waals surface area contributed by atoms with Crippen molar-refractivity contribution in [2.24, 2.45) is 5.92 Å². The average Bonchev–Trinajstić information content (AvgIpc) is 3.24. The van der Waals surface area contributed by atoms with Crippen molar-refractivity contribution in [2.45, 2.75) is 31.9 Å². The lowest BCUT2D eigenvalue weighted by Crippen LogP contribution is -2.39. The van der Waals surface area contributed by atoms with E-state index in [1.165, 1.54) is 6.92 Å². The van der Waals surface area contributed by atoms with Gasteiger partial charge in [0, 0.05) is 54.5 Å². The van der Waals surface area contributed by atoms with Crippen LogP contribution in [0, 0.1) is 17.2 Å². The molecule has 3 N–H and O–H groups in total. The number of fused-ring (bicyclic) bond motifs is 3. The Morgan fingerprint density at radius 3 is 2.77 bits per heavy atom. The van der Waals surface area contributed by atoms with Crippen molar-refractivity contribution in [3.63, 3.8) is 0 Å². The first-order valence-corrected chi connectivity index (χ1v) is 10.1. The number of anilines is 2. The Labute approximate surface area is 175 Å². The summed E-state index contributed by atoms with van der Waals surface area (Å²) in [5, 5.41) is 18.4. The Morgan fingerprint density at radius 1 is 1.23 bits per heavy atom. The van der Waals surface area contributed by atoms with Crippen molar-refractivity contribution in [3.8, 4) is 6.07 Å². The second kappa shape index (κ2) is 8.56. The minimum atomic E-state index is -0.146. The molecule has 0 spiro atoms. The molecular formula is C23H24N4O3. The lowest BCUT2D eigenvalue weighted by atomic mass is 9.82. The van der Waals surface area contributed by atoms with Gasteiger partial charge in [-0.15, -0.1) is 0 Å². The van der Waals surface area contributed by atoms with Gasteiger partial charge in [0.15, 0.2) is 0 Å². The van der Waals surface area contributed by atoms with Gasteiger partial charge < -0.3 is 20.7 Å². The van der Waals surface area contributed by atoms with E-state index in [4.69, 9.17) is 4.74 Å². The molecule has 0 radical (unpaired) electrons. The molecule has 154 valence electrons. The van der Waals surface area contributed by atoms with E-state index >= 15 is 0 Å². The van der Waals surface area contributed by atoms with Crippen LogP contribution < -0.4 is 16.0 Å². The quantitative estimate of drug-likeness (QED) is 0.710. The lowest BCUT2D eigenvalue weighted by molar-refractivity contribution is -0.114. The molecule has 0 saturated carbocycles. The van der Waals surface area contributed by atoms with E-state index in [-0.39, 0.29) is 24.0 Å². The predicted octanol–water partition coefficient (Wildman–Crippen LogP) is 3.21. The molecule has 2 aliphatic rings. The Hall–Kier alpha value is -3.37. The monoisotopic (exact) mass is 404 g/mol. The summed E-state index contributed by atoms with van der Waals surface area (Å²) in [6, 6.07) is 14.9. The molecular weight excluding hydrogens is 380 g/mol. The fourth-order valence-electron chi connectivity index (χ4n) is 4.28. The molecule has 0 bridgehead atoms. The van der Waals surface area contributed by atoms with Crippen LogP contribution in [0.15, 0.2) is 42.5 Å². The fraction of sp³-hybridized carbons (Fsp3) is 0.348. The Balaban J connectivity index is 1.36. The van der Waals surface area contributed by atoms with Gasteiger partial charge >= 0.3 is 0 Å².